The molecule has 1 fully saturated rings. The van der Waals surface area contributed by atoms with Gasteiger partial charge in [0, 0.05) is 37.7 Å². The highest BCUT2D eigenvalue weighted by Crippen LogP contribution is 2.32. The molecular formula is C23H30N6O. The van der Waals surface area contributed by atoms with Gasteiger partial charge in [0.1, 0.15) is 0 Å². The summed E-state index contributed by atoms with van der Waals surface area (Å²) in [6.07, 6.45) is 13.3. The van der Waals surface area contributed by atoms with E-state index >= 15 is 0 Å². The van der Waals surface area contributed by atoms with Gasteiger partial charge in [0.2, 0.25) is 0 Å². The minimum atomic E-state index is -0.143. The summed E-state index contributed by atoms with van der Waals surface area (Å²) in [5, 5.41) is 12.0. The smallest absolute Gasteiger partial charge is 0.255 e. The molecule has 1 atom stereocenters. The van der Waals surface area contributed by atoms with Crippen molar-refractivity contribution >= 4 is 22.6 Å². The zero-order chi connectivity index (χ0) is 20.9. The highest BCUT2D eigenvalue weighted by Gasteiger charge is 2.24. The van der Waals surface area contributed by atoms with E-state index in [0.29, 0.717) is 18.0 Å². The van der Waals surface area contributed by atoms with Gasteiger partial charge < -0.3 is 10.6 Å². The van der Waals surface area contributed by atoms with E-state index in [1.807, 2.05) is 29.9 Å². The number of hydrogen-bond acceptors (Lipinski definition) is 5. The molecule has 1 saturated carbocycles. The summed E-state index contributed by atoms with van der Waals surface area (Å²) in [6.45, 7) is 5.43. The molecule has 0 aromatic carbocycles. The lowest BCUT2D eigenvalue weighted by Gasteiger charge is -2.29. The Morgan fingerprint density at radius 3 is 2.80 bits per heavy atom. The average molecular weight is 407 g/mol. The molecule has 1 aliphatic rings. The Morgan fingerprint density at radius 2 is 2.07 bits per heavy atom. The number of rotatable bonds is 7. The molecule has 2 N–H and O–H groups in total. The van der Waals surface area contributed by atoms with Crippen LogP contribution in [0.4, 0.5) is 5.69 Å². The number of aryl methyl sites for hydroxylation is 1. The van der Waals surface area contributed by atoms with E-state index in [-0.39, 0.29) is 11.9 Å². The van der Waals surface area contributed by atoms with Crippen molar-refractivity contribution in [1.82, 2.24) is 25.1 Å². The van der Waals surface area contributed by atoms with E-state index in [1.165, 1.54) is 32.1 Å². The number of anilines is 1. The van der Waals surface area contributed by atoms with Gasteiger partial charge in [0.05, 0.1) is 22.8 Å². The fourth-order valence-electron chi connectivity index (χ4n) is 4.35. The monoisotopic (exact) mass is 406 g/mol. The van der Waals surface area contributed by atoms with Crippen molar-refractivity contribution in [2.75, 3.05) is 5.32 Å². The van der Waals surface area contributed by atoms with Crippen LogP contribution in [0.1, 0.15) is 61.9 Å². The van der Waals surface area contributed by atoms with Gasteiger partial charge in [-0.05, 0) is 44.2 Å². The van der Waals surface area contributed by atoms with Crippen LogP contribution >= 0.6 is 0 Å². The fourth-order valence-corrected chi connectivity index (χ4v) is 4.35. The zero-order valence-corrected chi connectivity index (χ0v) is 17.8. The van der Waals surface area contributed by atoms with Crippen molar-refractivity contribution in [1.29, 1.82) is 0 Å². The Balaban J connectivity index is 1.62. The SMILES string of the molecule is CCn1ncc2c(N[C@@H](C)C3CCCCC3)c(C(=O)NCc3cccnc3)cnc21. The summed E-state index contributed by atoms with van der Waals surface area (Å²) in [5.41, 5.74) is 3.16. The quantitative estimate of drug-likeness (QED) is 0.615. The Morgan fingerprint density at radius 1 is 1.23 bits per heavy atom. The van der Waals surface area contributed by atoms with E-state index in [1.54, 1.807) is 18.6 Å². The van der Waals surface area contributed by atoms with Crippen molar-refractivity contribution in [2.45, 2.75) is 65.1 Å². The van der Waals surface area contributed by atoms with Crippen LogP contribution in [0.25, 0.3) is 11.0 Å². The lowest BCUT2D eigenvalue weighted by atomic mass is 9.84. The molecule has 0 spiro atoms. The van der Waals surface area contributed by atoms with Crippen LogP contribution in [0.15, 0.2) is 36.9 Å². The highest BCUT2D eigenvalue weighted by atomic mass is 16.1. The normalized spacial score (nSPS) is 15.8. The second-order valence-corrected chi connectivity index (χ2v) is 8.12. The van der Waals surface area contributed by atoms with Crippen molar-refractivity contribution in [3.63, 3.8) is 0 Å². The first-order valence-electron chi connectivity index (χ1n) is 11.0. The van der Waals surface area contributed by atoms with Crippen LogP contribution in [-0.4, -0.2) is 31.7 Å². The molecule has 0 saturated heterocycles. The molecule has 3 aromatic rings. The minimum Gasteiger partial charge on any atom is -0.381 e. The predicted molar refractivity (Wildman–Crippen MR) is 118 cm³/mol. The largest absolute Gasteiger partial charge is 0.381 e. The minimum absolute atomic E-state index is 0.143. The summed E-state index contributed by atoms with van der Waals surface area (Å²) in [6, 6.07) is 4.10. The second kappa shape index (κ2) is 9.24. The number of aromatic nitrogens is 4. The predicted octanol–water partition coefficient (Wildman–Crippen LogP) is 4.16. The number of pyridine rings is 2. The van der Waals surface area contributed by atoms with Gasteiger partial charge in [-0.15, -0.1) is 0 Å². The third-order valence-electron chi connectivity index (χ3n) is 6.12. The van der Waals surface area contributed by atoms with Gasteiger partial charge >= 0.3 is 0 Å². The van der Waals surface area contributed by atoms with Crippen molar-refractivity contribution in [3.8, 4) is 0 Å². The molecule has 0 bridgehead atoms. The summed E-state index contributed by atoms with van der Waals surface area (Å²) in [4.78, 5) is 21.7. The summed E-state index contributed by atoms with van der Waals surface area (Å²) in [5.74, 6) is 0.477. The van der Waals surface area contributed by atoms with Crippen LogP contribution in [0.3, 0.4) is 0 Å². The van der Waals surface area contributed by atoms with Gasteiger partial charge in [0.15, 0.2) is 5.65 Å². The van der Waals surface area contributed by atoms with Gasteiger partial charge in [-0.25, -0.2) is 9.67 Å². The molecular weight excluding hydrogens is 376 g/mol. The Hall–Kier alpha value is -2.96. The van der Waals surface area contributed by atoms with Gasteiger partial charge in [-0.3, -0.25) is 9.78 Å². The maximum Gasteiger partial charge on any atom is 0.255 e. The molecule has 3 aromatic heterocycles. The summed E-state index contributed by atoms with van der Waals surface area (Å²) < 4.78 is 1.86. The van der Waals surface area contributed by atoms with E-state index in [0.717, 1.165) is 28.8 Å². The third-order valence-corrected chi connectivity index (χ3v) is 6.12. The molecule has 158 valence electrons. The molecule has 3 heterocycles. The van der Waals surface area contributed by atoms with E-state index < -0.39 is 0 Å². The molecule has 0 radical (unpaired) electrons. The van der Waals surface area contributed by atoms with E-state index in [9.17, 15) is 4.79 Å². The maximum absolute atomic E-state index is 13.1. The van der Waals surface area contributed by atoms with Crippen LogP contribution in [-0.2, 0) is 13.1 Å². The van der Waals surface area contributed by atoms with Gasteiger partial charge in [-0.2, -0.15) is 5.10 Å². The molecule has 30 heavy (non-hydrogen) atoms. The van der Waals surface area contributed by atoms with Crippen molar-refractivity contribution in [3.05, 3.63) is 48.0 Å². The van der Waals surface area contributed by atoms with E-state index in [4.69, 9.17) is 0 Å². The van der Waals surface area contributed by atoms with Crippen molar-refractivity contribution in [2.24, 2.45) is 5.92 Å². The van der Waals surface area contributed by atoms with Crippen molar-refractivity contribution < 1.29 is 4.79 Å². The van der Waals surface area contributed by atoms with Gasteiger partial charge in [0.25, 0.3) is 5.91 Å². The molecule has 7 nitrogen and oxygen atoms in total. The number of nitrogens with zero attached hydrogens (tertiary/aromatic N) is 4. The Bertz CT molecular complexity index is 994. The molecule has 1 amide bonds. The second-order valence-electron chi connectivity index (χ2n) is 8.12. The van der Waals surface area contributed by atoms with Crippen LogP contribution in [0.5, 0.6) is 0 Å². The first-order valence-corrected chi connectivity index (χ1v) is 11.0. The van der Waals surface area contributed by atoms with Gasteiger partial charge in [-0.1, -0.05) is 25.3 Å². The zero-order valence-electron chi connectivity index (χ0n) is 17.8. The molecule has 1 aliphatic carbocycles. The summed E-state index contributed by atoms with van der Waals surface area (Å²) in [7, 11) is 0. The lowest BCUT2D eigenvalue weighted by molar-refractivity contribution is 0.0951. The number of hydrogen-bond donors (Lipinski definition) is 2. The number of carbonyl (C=O) groups is 1. The topological polar surface area (TPSA) is 84.7 Å². The number of nitrogens with one attached hydrogen (secondary N) is 2. The van der Waals surface area contributed by atoms with E-state index in [2.05, 4.69) is 32.6 Å². The van der Waals surface area contributed by atoms with Crippen LogP contribution in [0, 0.1) is 5.92 Å². The average Bonchev–Trinajstić information content (AvgIpc) is 3.22. The third kappa shape index (κ3) is 4.30. The molecule has 4 rings (SSSR count). The first kappa shape index (κ1) is 20.3. The van der Waals surface area contributed by atoms with Crippen LogP contribution < -0.4 is 10.6 Å². The van der Waals surface area contributed by atoms with Crippen LogP contribution in [0.2, 0.25) is 0 Å². The number of fused-ring (bicyclic) bond motifs is 1. The first-order chi connectivity index (χ1) is 14.7. The maximum atomic E-state index is 13.1. The molecule has 0 unspecified atom stereocenters. The fraction of sp³-hybridized carbons (Fsp3) is 0.478. The number of carbonyl (C=O) groups excluding carboxylic acids is 1. The molecule has 0 aliphatic heterocycles. The Labute approximate surface area is 177 Å². The number of amides is 1. The standard InChI is InChI=1S/C23H30N6O/c1-3-29-22-19(15-27-29)21(28-16(2)18-9-5-4-6-10-18)20(14-25-22)23(30)26-13-17-8-7-11-24-12-17/h7-8,11-12,14-16,18H,3-6,9-10,13H2,1-2H3,(H,25,28)(H,26,30)/t16-/m0/s1. The Kier molecular flexibility index (Phi) is 6.26. The lowest BCUT2D eigenvalue weighted by Crippen LogP contribution is -2.30. The summed E-state index contributed by atoms with van der Waals surface area (Å²) >= 11 is 0. The highest BCUT2D eigenvalue weighted by molar-refractivity contribution is 6.06. The molecule has 7 heteroatoms.